The fourth-order valence-corrected chi connectivity index (χ4v) is 0.785. The zero-order valence-corrected chi connectivity index (χ0v) is 11.0. The third-order valence-electron chi connectivity index (χ3n) is 1.42. The quantitative estimate of drug-likeness (QED) is 0.576. The van der Waals surface area contributed by atoms with Crippen molar-refractivity contribution in [1.29, 1.82) is 0 Å². The normalized spacial score (nSPS) is 9.94. The van der Waals surface area contributed by atoms with Crippen LogP contribution >= 0.6 is 0 Å². The Morgan fingerprint density at radius 2 is 1.76 bits per heavy atom. The molecule has 0 spiro atoms. The number of esters is 1. The third kappa shape index (κ3) is 20.7. The first kappa shape index (κ1) is 18.1. The van der Waals surface area contributed by atoms with Crippen molar-refractivity contribution in [3.8, 4) is 0 Å². The van der Waals surface area contributed by atoms with E-state index in [1.54, 1.807) is 20.8 Å². The molecule has 0 aromatic heterocycles. The number of nitrogens with two attached hydrogens (primary N) is 1. The Morgan fingerprint density at radius 1 is 1.24 bits per heavy atom. The van der Waals surface area contributed by atoms with Crippen LogP contribution in [-0.2, 0) is 14.3 Å². The molecule has 0 aromatic rings. The van der Waals surface area contributed by atoms with Gasteiger partial charge in [0, 0.05) is 13.0 Å². The largest absolute Gasteiger partial charge is 0.469 e. The summed E-state index contributed by atoms with van der Waals surface area (Å²) in [6.45, 7) is 5.43. The number of hydrogen-bond acceptors (Lipinski definition) is 5. The number of carbonyl (C=O) groups excluding carboxylic acids is 2. The lowest BCUT2D eigenvalue weighted by atomic mass is 10.2. The van der Waals surface area contributed by atoms with Gasteiger partial charge in [0.15, 0.2) is 0 Å². The van der Waals surface area contributed by atoms with Gasteiger partial charge in [0.05, 0.1) is 7.11 Å². The summed E-state index contributed by atoms with van der Waals surface area (Å²) in [5, 5.41) is 8.30. The first-order valence-corrected chi connectivity index (χ1v) is 5.39. The van der Waals surface area contributed by atoms with Gasteiger partial charge >= 0.3 is 12.1 Å². The molecule has 1 amide bonds. The monoisotopic (exact) mass is 249 g/mol. The summed E-state index contributed by atoms with van der Waals surface area (Å²) in [7, 11) is 1.36. The van der Waals surface area contributed by atoms with Crippen LogP contribution in [0.1, 0.15) is 40.0 Å². The van der Waals surface area contributed by atoms with E-state index < -0.39 is 11.7 Å². The fourth-order valence-electron chi connectivity index (χ4n) is 0.785. The molecular formula is C11H23NO5. The van der Waals surface area contributed by atoms with E-state index in [4.69, 9.17) is 10.8 Å². The van der Waals surface area contributed by atoms with Crippen molar-refractivity contribution >= 4 is 12.1 Å². The molecule has 3 N–H and O–H groups in total. The lowest BCUT2D eigenvalue weighted by Gasteiger charge is -2.16. The van der Waals surface area contributed by atoms with Crippen molar-refractivity contribution in [3.05, 3.63) is 0 Å². The van der Waals surface area contributed by atoms with E-state index in [0.29, 0.717) is 19.3 Å². The number of aliphatic hydroxyl groups excluding tert-OH is 1. The van der Waals surface area contributed by atoms with Crippen LogP contribution in [0.15, 0.2) is 0 Å². The molecule has 0 aliphatic carbocycles. The molecule has 0 fully saturated rings. The second-order valence-electron chi connectivity index (χ2n) is 4.29. The molecule has 0 heterocycles. The fraction of sp³-hybridized carbons (Fsp3) is 0.818. The Bertz CT molecular complexity index is 222. The minimum absolute atomic E-state index is 0.150. The second-order valence-corrected chi connectivity index (χ2v) is 4.29. The number of primary amides is 1. The number of methoxy groups -OCH3 is 1. The molecule has 0 rings (SSSR count). The lowest BCUT2D eigenvalue weighted by Crippen LogP contribution is -2.27. The maximum atomic E-state index is 10.4. The van der Waals surface area contributed by atoms with E-state index in [1.807, 2.05) is 0 Å². The van der Waals surface area contributed by atoms with Crippen LogP contribution in [0, 0.1) is 0 Å². The summed E-state index contributed by atoms with van der Waals surface area (Å²) in [5.41, 5.74) is 4.26. The van der Waals surface area contributed by atoms with Crippen LogP contribution in [0.4, 0.5) is 4.79 Å². The minimum atomic E-state index is -0.725. The average molecular weight is 249 g/mol. The summed E-state index contributed by atoms with van der Waals surface area (Å²) >= 11 is 0. The topological polar surface area (TPSA) is 98.9 Å². The van der Waals surface area contributed by atoms with Crippen molar-refractivity contribution in [2.24, 2.45) is 5.73 Å². The van der Waals surface area contributed by atoms with E-state index >= 15 is 0 Å². The first-order valence-electron chi connectivity index (χ1n) is 5.39. The van der Waals surface area contributed by atoms with Crippen molar-refractivity contribution in [2.45, 2.75) is 45.6 Å². The number of aliphatic hydroxyl groups is 1. The smallest absolute Gasteiger partial charge is 0.405 e. The SMILES string of the molecule is CC(C)(C)OC(N)=O.COC(=O)CCCCO. The van der Waals surface area contributed by atoms with E-state index in [2.05, 4.69) is 9.47 Å². The summed E-state index contributed by atoms with van der Waals surface area (Å²) in [6, 6.07) is 0. The molecular weight excluding hydrogens is 226 g/mol. The highest BCUT2D eigenvalue weighted by molar-refractivity contribution is 5.68. The zero-order chi connectivity index (χ0) is 13.9. The molecule has 17 heavy (non-hydrogen) atoms. The van der Waals surface area contributed by atoms with Crippen LogP contribution in [0.25, 0.3) is 0 Å². The second kappa shape index (κ2) is 9.89. The molecule has 102 valence electrons. The Labute approximate surface area is 102 Å². The molecule has 0 atom stereocenters. The predicted octanol–water partition coefficient (Wildman–Crippen LogP) is 1.20. The summed E-state index contributed by atoms with van der Waals surface area (Å²) in [5.74, 6) is -0.205. The summed E-state index contributed by atoms with van der Waals surface area (Å²) in [4.78, 5) is 20.4. The van der Waals surface area contributed by atoms with Crippen LogP contribution in [-0.4, -0.2) is 36.5 Å². The molecule has 0 saturated carbocycles. The standard InChI is InChI=1S/C6H12O3.C5H11NO2/c1-9-6(8)4-2-3-5-7;1-5(2,3)8-4(6)7/h7H,2-5H2,1H3;1-3H3,(H2,6,7). The number of rotatable bonds is 4. The van der Waals surface area contributed by atoms with Crippen molar-refractivity contribution in [1.82, 2.24) is 0 Å². The average Bonchev–Trinajstić information content (AvgIpc) is 2.15. The van der Waals surface area contributed by atoms with Gasteiger partial charge in [0.25, 0.3) is 0 Å². The molecule has 0 bridgehead atoms. The van der Waals surface area contributed by atoms with Crippen LogP contribution in [0.3, 0.4) is 0 Å². The number of ether oxygens (including phenoxy) is 2. The number of unbranched alkanes of at least 4 members (excludes halogenated alkanes) is 1. The Morgan fingerprint density at radius 3 is 2.00 bits per heavy atom. The lowest BCUT2D eigenvalue weighted by molar-refractivity contribution is -0.140. The molecule has 0 unspecified atom stereocenters. The summed E-state index contributed by atoms with van der Waals surface area (Å²) in [6.07, 6.45) is 1.08. The molecule has 0 aliphatic rings. The Hall–Kier alpha value is -1.30. The molecule has 0 saturated heterocycles. The van der Waals surface area contributed by atoms with E-state index in [-0.39, 0.29) is 12.6 Å². The summed E-state index contributed by atoms with van der Waals surface area (Å²) < 4.78 is 8.95. The molecule has 0 radical (unpaired) electrons. The number of carbonyl (C=O) groups is 2. The van der Waals surface area contributed by atoms with Gasteiger partial charge in [-0.2, -0.15) is 0 Å². The molecule has 0 aromatic carbocycles. The van der Waals surface area contributed by atoms with Gasteiger partial charge in [-0.25, -0.2) is 4.79 Å². The van der Waals surface area contributed by atoms with Gasteiger partial charge < -0.3 is 20.3 Å². The maximum Gasteiger partial charge on any atom is 0.405 e. The maximum absolute atomic E-state index is 10.4. The Kier molecular flexibility index (Phi) is 10.5. The molecule has 6 heteroatoms. The highest BCUT2D eigenvalue weighted by Gasteiger charge is 2.12. The van der Waals surface area contributed by atoms with Gasteiger partial charge in [-0.05, 0) is 33.6 Å². The first-order chi connectivity index (χ1) is 7.72. The predicted molar refractivity (Wildman–Crippen MR) is 63.4 cm³/mol. The van der Waals surface area contributed by atoms with E-state index in [9.17, 15) is 9.59 Å². The highest BCUT2D eigenvalue weighted by Crippen LogP contribution is 2.04. The number of hydrogen-bond donors (Lipinski definition) is 2. The molecule has 6 nitrogen and oxygen atoms in total. The van der Waals surface area contributed by atoms with E-state index in [1.165, 1.54) is 7.11 Å². The highest BCUT2D eigenvalue weighted by atomic mass is 16.6. The van der Waals surface area contributed by atoms with Crippen LogP contribution in [0.2, 0.25) is 0 Å². The van der Waals surface area contributed by atoms with Crippen LogP contribution < -0.4 is 5.73 Å². The van der Waals surface area contributed by atoms with Crippen molar-refractivity contribution < 1.29 is 24.2 Å². The van der Waals surface area contributed by atoms with Gasteiger partial charge in [0.1, 0.15) is 5.60 Å². The van der Waals surface area contributed by atoms with E-state index in [0.717, 1.165) is 0 Å². The van der Waals surface area contributed by atoms with Gasteiger partial charge in [-0.1, -0.05) is 0 Å². The van der Waals surface area contributed by atoms with Gasteiger partial charge in [-0.15, -0.1) is 0 Å². The van der Waals surface area contributed by atoms with Gasteiger partial charge in [0.2, 0.25) is 0 Å². The molecule has 0 aliphatic heterocycles. The van der Waals surface area contributed by atoms with Crippen molar-refractivity contribution in [2.75, 3.05) is 13.7 Å². The van der Waals surface area contributed by atoms with Gasteiger partial charge in [-0.3, -0.25) is 4.79 Å². The number of amides is 1. The third-order valence-corrected chi connectivity index (χ3v) is 1.42. The Balaban J connectivity index is 0. The van der Waals surface area contributed by atoms with Crippen molar-refractivity contribution in [3.63, 3.8) is 0 Å². The zero-order valence-electron chi connectivity index (χ0n) is 11.0. The van der Waals surface area contributed by atoms with Crippen LogP contribution in [0.5, 0.6) is 0 Å². The minimum Gasteiger partial charge on any atom is -0.469 e.